The number of benzene rings is 1. The topological polar surface area (TPSA) is 26.0 Å². The van der Waals surface area contributed by atoms with E-state index < -0.39 is 9.68 Å². The van der Waals surface area contributed by atoms with E-state index in [9.17, 15) is 0 Å². The highest BCUT2D eigenvalue weighted by Gasteiger charge is 1.90. The predicted octanol–water partition coefficient (Wildman–Crippen LogP) is -0.337. The van der Waals surface area contributed by atoms with Gasteiger partial charge in [-0.15, -0.1) is 0 Å². The van der Waals surface area contributed by atoms with Crippen molar-refractivity contribution in [2.75, 3.05) is 0 Å². The largest absolute Gasteiger partial charge is 0.352 e. The molecule has 0 bridgehead atoms. The minimum atomic E-state index is -0.438. The summed E-state index contributed by atoms with van der Waals surface area (Å²) in [6.07, 6.45) is 0. The highest BCUT2D eigenvalue weighted by Crippen LogP contribution is 1.89. The lowest BCUT2D eigenvalue weighted by Crippen LogP contribution is -2.24. The normalized spacial score (nSPS) is 10.9. The maximum atomic E-state index is 5.59. The lowest BCUT2D eigenvalue weighted by atomic mass is 10.2. The van der Waals surface area contributed by atoms with Crippen molar-refractivity contribution in [2.24, 2.45) is 5.40 Å². The Labute approximate surface area is 57.8 Å². The van der Waals surface area contributed by atoms with Crippen molar-refractivity contribution in [3.63, 3.8) is 0 Å². The molecular weight excluding hydrogens is 126 g/mol. The summed E-state index contributed by atoms with van der Waals surface area (Å²) in [7, 11) is -0.438. The average molecular weight is 137 g/mol. The number of aryl methyl sites for hydroxylation is 1. The maximum absolute atomic E-state index is 5.59. The highest BCUT2D eigenvalue weighted by atomic mass is 28.2. The van der Waals surface area contributed by atoms with Crippen LogP contribution in [0.3, 0.4) is 0 Å². The lowest BCUT2D eigenvalue weighted by molar-refractivity contribution is 1.51. The predicted molar refractivity (Wildman–Crippen MR) is 43.5 cm³/mol. The summed E-state index contributed by atoms with van der Waals surface area (Å²) in [5.74, 6) is 0. The van der Waals surface area contributed by atoms with E-state index in [0.717, 1.165) is 0 Å². The summed E-state index contributed by atoms with van der Waals surface area (Å²) < 4.78 is 0. The first kappa shape index (κ1) is 6.52. The van der Waals surface area contributed by atoms with Crippen molar-refractivity contribution in [1.82, 2.24) is 0 Å². The second-order valence-electron chi connectivity index (χ2n) is 2.13. The van der Waals surface area contributed by atoms with Crippen molar-refractivity contribution in [3.8, 4) is 0 Å². The van der Waals surface area contributed by atoms with Crippen LogP contribution in [0.15, 0.2) is 24.3 Å². The smallest absolute Gasteiger partial charge is 0.122 e. The van der Waals surface area contributed by atoms with E-state index in [1.54, 1.807) is 0 Å². The molecule has 0 saturated carbocycles. The standard InChI is InChI=1S/C7H11NSi/c1-6-4-2-3-5-7(6)9-8/h2-5H,8-9H2,1H3. The van der Waals surface area contributed by atoms with E-state index in [1.807, 2.05) is 12.1 Å². The number of hydrogen-bond donors (Lipinski definition) is 1. The van der Waals surface area contributed by atoms with Gasteiger partial charge in [0.2, 0.25) is 0 Å². The fraction of sp³-hybridized carbons (Fsp3) is 0.143. The molecular formula is C7H11NSi. The van der Waals surface area contributed by atoms with Crippen LogP contribution >= 0.6 is 0 Å². The molecule has 0 aliphatic rings. The fourth-order valence-electron chi connectivity index (χ4n) is 0.839. The van der Waals surface area contributed by atoms with Gasteiger partial charge in [0.15, 0.2) is 0 Å². The Hall–Kier alpha value is -0.603. The lowest BCUT2D eigenvalue weighted by Gasteiger charge is -1.97. The zero-order valence-corrected chi connectivity index (χ0v) is 7.01. The quantitative estimate of drug-likeness (QED) is 0.527. The van der Waals surface area contributed by atoms with Crippen LogP contribution < -0.4 is 10.6 Å². The molecule has 2 heteroatoms. The molecule has 0 atom stereocenters. The zero-order valence-electron chi connectivity index (χ0n) is 5.59. The van der Waals surface area contributed by atoms with Gasteiger partial charge in [0.1, 0.15) is 9.68 Å². The van der Waals surface area contributed by atoms with Crippen molar-refractivity contribution in [1.29, 1.82) is 0 Å². The Morgan fingerprint density at radius 3 is 2.44 bits per heavy atom. The molecule has 0 spiro atoms. The van der Waals surface area contributed by atoms with Gasteiger partial charge >= 0.3 is 0 Å². The van der Waals surface area contributed by atoms with Gasteiger partial charge in [0.05, 0.1) is 0 Å². The van der Waals surface area contributed by atoms with Crippen LogP contribution in [0, 0.1) is 6.92 Å². The number of hydrogen-bond acceptors (Lipinski definition) is 1. The summed E-state index contributed by atoms with van der Waals surface area (Å²) in [6.45, 7) is 2.11. The average Bonchev–Trinajstić information content (AvgIpc) is 1.89. The molecule has 0 fully saturated rings. The molecule has 0 saturated heterocycles. The van der Waals surface area contributed by atoms with Crippen LogP contribution in [0.2, 0.25) is 0 Å². The molecule has 1 nitrogen and oxygen atoms in total. The Balaban J connectivity index is 3.01. The first-order chi connectivity index (χ1) is 4.34. The molecule has 0 aliphatic heterocycles. The molecule has 9 heavy (non-hydrogen) atoms. The van der Waals surface area contributed by atoms with Gasteiger partial charge in [-0.1, -0.05) is 29.8 Å². The zero-order chi connectivity index (χ0) is 6.69. The third-order valence-corrected chi connectivity index (χ3v) is 2.71. The summed E-state index contributed by atoms with van der Waals surface area (Å²) in [5.41, 5.74) is 1.34. The fourth-order valence-corrected chi connectivity index (χ4v) is 1.55. The molecule has 0 radical (unpaired) electrons. The molecule has 1 rings (SSSR count). The Kier molecular flexibility index (Phi) is 2.03. The molecule has 48 valence electrons. The number of nitrogens with two attached hydrogens (primary N) is 1. The molecule has 0 amide bonds. The van der Waals surface area contributed by atoms with Crippen LogP contribution in [0.1, 0.15) is 5.56 Å². The monoisotopic (exact) mass is 137 g/mol. The van der Waals surface area contributed by atoms with Gasteiger partial charge in [-0.3, -0.25) is 0 Å². The van der Waals surface area contributed by atoms with Crippen LogP contribution in [-0.2, 0) is 0 Å². The van der Waals surface area contributed by atoms with E-state index in [2.05, 4.69) is 19.1 Å². The van der Waals surface area contributed by atoms with E-state index in [-0.39, 0.29) is 0 Å². The minimum absolute atomic E-state index is 0.438. The van der Waals surface area contributed by atoms with Crippen molar-refractivity contribution < 1.29 is 0 Å². The Bertz CT molecular complexity index is 198. The molecule has 0 aliphatic carbocycles. The van der Waals surface area contributed by atoms with Crippen molar-refractivity contribution in [3.05, 3.63) is 29.8 Å². The first-order valence-corrected chi connectivity index (χ1v) is 4.61. The molecule has 0 unspecified atom stereocenters. The van der Waals surface area contributed by atoms with Gasteiger partial charge < -0.3 is 5.40 Å². The Morgan fingerprint density at radius 1 is 1.33 bits per heavy atom. The van der Waals surface area contributed by atoms with Crippen LogP contribution in [-0.4, -0.2) is 9.68 Å². The summed E-state index contributed by atoms with van der Waals surface area (Å²) in [4.78, 5) is 0. The summed E-state index contributed by atoms with van der Waals surface area (Å²) in [5, 5.41) is 6.96. The van der Waals surface area contributed by atoms with Gasteiger partial charge in [-0.05, 0) is 12.1 Å². The second-order valence-corrected chi connectivity index (χ2v) is 3.30. The van der Waals surface area contributed by atoms with Gasteiger partial charge in [-0.25, -0.2) is 0 Å². The first-order valence-electron chi connectivity index (χ1n) is 3.09. The molecule has 2 N–H and O–H groups in total. The second kappa shape index (κ2) is 2.80. The van der Waals surface area contributed by atoms with Gasteiger partial charge in [0, 0.05) is 0 Å². The van der Waals surface area contributed by atoms with Gasteiger partial charge in [-0.2, -0.15) is 0 Å². The van der Waals surface area contributed by atoms with E-state index in [4.69, 9.17) is 5.40 Å². The van der Waals surface area contributed by atoms with Crippen LogP contribution in [0.5, 0.6) is 0 Å². The minimum Gasteiger partial charge on any atom is -0.352 e. The van der Waals surface area contributed by atoms with E-state index in [0.29, 0.717) is 0 Å². The molecule has 1 aromatic carbocycles. The maximum Gasteiger partial charge on any atom is 0.122 e. The molecule has 1 aromatic rings. The highest BCUT2D eigenvalue weighted by molar-refractivity contribution is 6.50. The third-order valence-electron chi connectivity index (χ3n) is 1.48. The van der Waals surface area contributed by atoms with E-state index >= 15 is 0 Å². The molecule has 0 aromatic heterocycles. The third kappa shape index (κ3) is 1.40. The van der Waals surface area contributed by atoms with Crippen molar-refractivity contribution in [2.45, 2.75) is 6.92 Å². The van der Waals surface area contributed by atoms with Gasteiger partial charge in [0.25, 0.3) is 0 Å². The Morgan fingerprint density at radius 2 is 2.00 bits per heavy atom. The van der Waals surface area contributed by atoms with Crippen molar-refractivity contribution >= 4 is 14.9 Å². The van der Waals surface area contributed by atoms with E-state index in [1.165, 1.54) is 10.8 Å². The van der Waals surface area contributed by atoms with Crippen LogP contribution in [0.25, 0.3) is 0 Å². The number of rotatable bonds is 1. The SMILES string of the molecule is Cc1ccccc1[SiH2]N. The summed E-state index contributed by atoms with van der Waals surface area (Å²) >= 11 is 0. The molecule has 0 heterocycles. The summed E-state index contributed by atoms with van der Waals surface area (Å²) in [6, 6.07) is 8.31. The van der Waals surface area contributed by atoms with Crippen LogP contribution in [0.4, 0.5) is 0 Å².